The molecule has 2 aromatic rings. The molecule has 8 heteroatoms. The smallest absolute Gasteiger partial charge is 0.350 e. The number of halogens is 5. The second-order valence-corrected chi connectivity index (χ2v) is 5.59. The van der Waals surface area contributed by atoms with Crippen LogP contribution < -0.4 is 4.74 Å². The molecule has 0 radical (unpaired) electrons. The molecule has 0 saturated heterocycles. The quantitative estimate of drug-likeness (QED) is 0.328. The summed E-state index contributed by atoms with van der Waals surface area (Å²) in [5.41, 5.74) is -0.748. The molecule has 0 spiro atoms. The van der Waals surface area contributed by atoms with Crippen molar-refractivity contribution in [2.24, 2.45) is 0 Å². The molecular weight excluding hydrogens is 339 g/mol. The number of ether oxygens (including phenoxy) is 1. The predicted octanol–water partition coefficient (Wildman–Crippen LogP) is 5.01. The van der Waals surface area contributed by atoms with Crippen LogP contribution in [0.4, 0.5) is 22.0 Å². The Labute approximate surface area is 132 Å². The van der Waals surface area contributed by atoms with Gasteiger partial charge in [0, 0.05) is 0 Å². The first-order valence-electron chi connectivity index (χ1n) is 6.67. The molecule has 1 aromatic carbocycles. The SMILES string of the molecule is CCCCc1csc(OC(=O)c2c(F)c(F)c(F)c(F)c2F)c1. The van der Waals surface area contributed by atoms with Crippen LogP contribution in [0, 0.1) is 29.1 Å². The molecule has 0 unspecified atom stereocenters. The number of hydrogen-bond donors (Lipinski definition) is 0. The predicted molar refractivity (Wildman–Crippen MR) is 74.1 cm³/mol. The molecule has 0 aliphatic heterocycles. The Morgan fingerprint density at radius 2 is 1.61 bits per heavy atom. The number of hydrogen-bond acceptors (Lipinski definition) is 3. The summed E-state index contributed by atoms with van der Waals surface area (Å²) in [6, 6.07) is 1.49. The van der Waals surface area contributed by atoms with E-state index in [0.29, 0.717) is 0 Å². The minimum absolute atomic E-state index is 0.0186. The van der Waals surface area contributed by atoms with Gasteiger partial charge in [-0.3, -0.25) is 0 Å². The summed E-state index contributed by atoms with van der Waals surface area (Å²) in [4.78, 5) is 11.7. The van der Waals surface area contributed by atoms with Crippen molar-refractivity contribution in [1.82, 2.24) is 0 Å². The molecule has 0 atom stereocenters. The van der Waals surface area contributed by atoms with Crippen molar-refractivity contribution < 1.29 is 31.5 Å². The van der Waals surface area contributed by atoms with Crippen LogP contribution in [0.5, 0.6) is 5.06 Å². The summed E-state index contributed by atoms with van der Waals surface area (Å²) < 4.78 is 70.8. The second kappa shape index (κ2) is 7.08. The van der Waals surface area contributed by atoms with Gasteiger partial charge in [-0.05, 0) is 29.9 Å². The lowest BCUT2D eigenvalue weighted by Crippen LogP contribution is -2.17. The highest BCUT2D eigenvalue weighted by Crippen LogP contribution is 2.28. The number of carbonyl (C=O) groups is 1. The number of aryl methyl sites for hydroxylation is 1. The van der Waals surface area contributed by atoms with Gasteiger partial charge in [-0.15, -0.1) is 11.3 Å². The molecule has 2 nitrogen and oxygen atoms in total. The first kappa shape index (κ1) is 17.4. The largest absolute Gasteiger partial charge is 0.412 e. The van der Waals surface area contributed by atoms with Crippen LogP contribution in [0.3, 0.4) is 0 Å². The van der Waals surface area contributed by atoms with Gasteiger partial charge in [0.05, 0.1) is 0 Å². The zero-order valence-corrected chi connectivity index (χ0v) is 12.7. The van der Waals surface area contributed by atoms with E-state index >= 15 is 0 Å². The van der Waals surface area contributed by atoms with E-state index in [2.05, 4.69) is 0 Å². The average Bonchev–Trinajstić information content (AvgIpc) is 2.96. The molecule has 2 rings (SSSR count). The van der Waals surface area contributed by atoms with Crippen molar-refractivity contribution in [3.63, 3.8) is 0 Å². The zero-order valence-electron chi connectivity index (χ0n) is 11.9. The van der Waals surface area contributed by atoms with Crippen LogP contribution in [0.25, 0.3) is 0 Å². The third-order valence-corrected chi connectivity index (χ3v) is 3.91. The zero-order chi connectivity index (χ0) is 17.1. The van der Waals surface area contributed by atoms with Gasteiger partial charge in [0.1, 0.15) is 5.56 Å². The van der Waals surface area contributed by atoms with Gasteiger partial charge in [-0.2, -0.15) is 0 Å². The van der Waals surface area contributed by atoms with Crippen molar-refractivity contribution in [3.05, 3.63) is 51.7 Å². The van der Waals surface area contributed by atoms with Crippen LogP contribution in [0.2, 0.25) is 0 Å². The summed E-state index contributed by atoms with van der Waals surface area (Å²) in [7, 11) is 0. The maximum atomic E-state index is 13.5. The molecule has 1 aromatic heterocycles. The Kier molecular flexibility index (Phi) is 5.35. The molecule has 0 aliphatic rings. The fraction of sp³-hybridized carbons (Fsp3) is 0.267. The van der Waals surface area contributed by atoms with E-state index < -0.39 is 40.6 Å². The number of esters is 1. The highest BCUT2D eigenvalue weighted by atomic mass is 32.1. The summed E-state index contributed by atoms with van der Waals surface area (Å²) >= 11 is 0.997. The van der Waals surface area contributed by atoms with Gasteiger partial charge >= 0.3 is 5.97 Å². The lowest BCUT2D eigenvalue weighted by atomic mass is 10.1. The summed E-state index contributed by atoms with van der Waals surface area (Å²) in [5.74, 6) is -12.8. The van der Waals surface area contributed by atoms with Gasteiger partial charge in [0.2, 0.25) is 5.82 Å². The van der Waals surface area contributed by atoms with Crippen LogP contribution in [0.1, 0.15) is 35.7 Å². The van der Waals surface area contributed by atoms with Gasteiger partial charge in [0.25, 0.3) is 0 Å². The van der Waals surface area contributed by atoms with E-state index in [0.717, 1.165) is 36.2 Å². The van der Waals surface area contributed by atoms with E-state index in [1.54, 1.807) is 5.38 Å². The van der Waals surface area contributed by atoms with Crippen LogP contribution >= 0.6 is 11.3 Å². The summed E-state index contributed by atoms with van der Waals surface area (Å²) in [5, 5.41) is 1.71. The van der Waals surface area contributed by atoms with Crippen molar-refractivity contribution in [2.45, 2.75) is 26.2 Å². The maximum Gasteiger partial charge on any atom is 0.350 e. The van der Waals surface area contributed by atoms with Gasteiger partial charge < -0.3 is 4.74 Å². The molecule has 0 bridgehead atoms. The monoisotopic (exact) mass is 350 g/mol. The Morgan fingerprint density at radius 1 is 1.04 bits per heavy atom. The molecule has 1 heterocycles. The molecule has 0 saturated carbocycles. The number of rotatable bonds is 5. The molecule has 124 valence electrons. The third kappa shape index (κ3) is 3.52. The first-order valence-corrected chi connectivity index (χ1v) is 7.55. The van der Waals surface area contributed by atoms with Gasteiger partial charge in [-0.25, -0.2) is 26.7 Å². The number of benzene rings is 1. The van der Waals surface area contributed by atoms with Crippen LogP contribution in [-0.4, -0.2) is 5.97 Å². The maximum absolute atomic E-state index is 13.5. The van der Waals surface area contributed by atoms with E-state index in [1.165, 1.54) is 6.07 Å². The lowest BCUT2D eigenvalue weighted by Gasteiger charge is -2.07. The Bertz CT molecular complexity index is 713. The Hall–Kier alpha value is -1.96. The fourth-order valence-corrected chi connectivity index (χ4v) is 2.64. The average molecular weight is 350 g/mol. The normalized spacial score (nSPS) is 10.9. The van der Waals surface area contributed by atoms with E-state index in [4.69, 9.17) is 4.74 Å². The van der Waals surface area contributed by atoms with Crippen molar-refractivity contribution in [3.8, 4) is 5.06 Å². The van der Waals surface area contributed by atoms with E-state index in [9.17, 15) is 26.7 Å². The molecule has 0 aliphatic carbocycles. The highest BCUT2D eigenvalue weighted by Gasteiger charge is 2.31. The number of unbranched alkanes of at least 4 members (excludes halogenated alkanes) is 1. The Morgan fingerprint density at radius 3 is 2.17 bits per heavy atom. The number of carbonyl (C=O) groups excluding carboxylic acids is 1. The van der Waals surface area contributed by atoms with Gasteiger partial charge in [0.15, 0.2) is 28.3 Å². The van der Waals surface area contributed by atoms with Crippen LogP contribution in [-0.2, 0) is 6.42 Å². The van der Waals surface area contributed by atoms with E-state index in [-0.39, 0.29) is 5.06 Å². The first-order chi connectivity index (χ1) is 10.9. The summed E-state index contributed by atoms with van der Waals surface area (Å²) in [6.45, 7) is 2.00. The second-order valence-electron chi connectivity index (χ2n) is 4.71. The van der Waals surface area contributed by atoms with E-state index in [1.807, 2.05) is 6.92 Å². The summed E-state index contributed by atoms with van der Waals surface area (Å²) in [6.07, 6.45) is 2.59. The number of thiophene rings is 1. The van der Waals surface area contributed by atoms with Crippen molar-refractivity contribution in [2.75, 3.05) is 0 Å². The standard InChI is InChI=1S/C15H11F5O2S/c1-2-3-4-7-5-8(23-6-7)22-15(21)9-10(16)12(18)14(20)13(19)11(9)17/h5-6H,2-4H2,1H3. The fourth-order valence-electron chi connectivity index (χ4n) is 1.85. The molecule has 0 fully saturated rings. The van der Waals surface area contributed by atoms with Gasteiger partial charge in [-0.1, -0.05) is 13.3 Å². The van der Waals surface area contributed by atoms with Crippen molar-refractivity contribution >= 4 is 17.3 Å². The lowest BCUT2D eigenvalue weighted by molar-refractivity contribution is 0.0727. The minimum Gasteiger partial charge on any atom is -0.412 e. The van der Waals surface area contributed by atoms with Crippen molar-refractivity contribution in [1.29, 1.82) is 0 Å². The molecule has 0 amide bonds. The highest BCUT2D eigenvalue weighted by molar-refractivity contribution is 7.12. The molecule has 0 N–H and O–H groups in total. The van der Waals surface area contributed by atoms with Crippen LogP contribution in [0.15, 0.2) is 11.4 Å². The minimum atomic E-state index is -2.32. The molecule has 23 heavy (non-hydrogen) atoms. The topological polar surface area (TPSA) is 26.3 Å². The molecular formula is C15H11F5O2S. The third-order valence-electron chi connectivity index (χ3n) is 3.06. The Balaban J connectivity index is 2.26.